The second kappa shape index (κ2) is 11.5. The fraction of sp³-hybridized carbons (Fsp3) is 0.821. The van der Waals surface area contributed by atoms with Gasteiger partial charge < -0.3 is 30.5 Å². The average molecular weight is 552 g/mol. The number of aliphatic hydroxyl groups is 2. The van der Waals surface area contributed by atoms with E-state index >= 15 is 0 Å². The Bertz CT molecular complexity index is 1000. The molecule has 0 spiro atoms. The fourth-order valence-corrected chi connectivity index (χ4v) is 7.98. The zero-order valence-electron chi connectivity index (χ0n) is 23.7. The third-order valence-electron chi connectivity index (χ3n) is 9.22. The molecule has 2 fully saturated rings. The van der Waals surface area contributed by atoms with Gasteiger partial charge in [-0.2, -0.15) is 0 Å². The van der Waals surface area contributed by atoms with Crippen molar-refractivity contribution in [2.45, 2.75) is 78.7 Å². The van der Waals surface area contributed by atoms with Gasteiger partial charge in [0.2, 0.25) is 11.8 Å². The molecule has 1 saturated heterocycles. The van der Waals surface area contributed by atoms with Crippen LogP contribution in [0.1, 0.15) is 76.8 Å². The summed E-state index contributed by atoms with van der Waals surface area (Å²) in [5, 5.41) is 28.1. The third kappa shape index (κ3) is 6.25. The maximum Gasteiger partial charge on any atom is 0.226 e. The molecule has 0 aromatic carbocycles. The van der Waals surface area contributed by atoms with E-state index in [0.29, 0.717) is 37.4 Å². The summed E-state index contributed by atoms with van der Waals surface area (Å²) in [7, 11) is 0. The van der Waals surface area contributed by atoms with Crippen LogP contribution in [0.4, 0.5) is 5.13 Å². The van der Waals surface area contributed by atoms with Gasteiger partial charge in [0.05, 0.1) is 44.7 Å². The highest BCUT2D eigenvalue weighted by molar-refractivity contribution is 7.15. The first-order valence-electron chi connectivity index (χ1n) is 14.1. The first-order chi connectivity index (χ1) is 17.9. The van der Waals surface area contributed by atoms with Gasteiger partial charge in [0.25, 0.3) is 0 Å². The molecular weight excluding hydrogens is 504 g/mol. The van der Waals surface area contributed by atoms with Crippen molar-refractivity contribution in [3.63, 3.8) is 0 Å². The van der Waals surface area contributed by atoms with Crippen molar-refractivity contribution in [3.8, 4) is 0 Å². The van der Waals surface area contributed by atoms with Crippen LogP contribution in [0.2, 0.25) is 0 Å². The average Bonchev–Trinajstić information content (AvgIpc) is 3.24. The Morgan fingerprint density at radius 2 is 1.92 bits per heavy atom. The lowest BCUT2D eigenvalue weighted by Crippen LogP contribution is -3.14. The highest BCUT2D eigenvalue weighted by Gasteiger charge is 2.59. The van der Waals surface area contributed by atoms with Crippen molar-refractivity contribution in [2.75, 3.05) is 51.3 Å². The van der Waals surface area contributed by atoms with Gasteiger partial charge in [-0.1, -0.05) is 34.6 Å². The van der Waals surface area contributed by atoms with Crippen LogP contribution in [-0.2, 0) is 20.7 Å². The number of morpholine rings is 1. The molecule has 214 valence electrons. The minimum absolute atomic E-state index is 0.00127. The molecule has 2 amide bonds. The number of nitrogens with zero attached hydrogens (tertiary/aromatic N) is 1. The molecule has 1 aromatic heterocycles. The summed E-state index contributed by atoms with van der Waals surface area (Å²) >= 11 is 1.47. The van der Waals surface area contributed by atoms with Gasteiger partial charge in [-0.15, -0.1) is 11.3 Å². The molecule has 1 aliphatic heterocycles. The predicted molar refractivity (Wildman–Crippen MR) is 147 cm³/mol. The molecule has 2 aliphatic carbocycles. The maximum atomic E-state index is 13.3. The maximum absolute atomic E-state index is 13.3. The number of carbonyl (C=O) groups excluding carboxylic acids is 2. The van der Waals surface area contributed by atoms with Crippen LogP contribution in [0.3, 0.4) is 0 Å². The molecule has 0 unspecified atom stereocenters. The second-order valence-corrected chi connectivity index (χ2v) is 14.4. The third-order valence-corrected chi connectivity index (χ3v) is 10.2. The number of quaternary nitrogens is 1. The minimum atomic E-state index is -0.668. The van der Waals surface area contributed by atoms with Crippen LogP contribution in [0, 0.1) is 22.2 Å². The number of amides is 2. The summed E-state index contributed by atoms with van der Waals surface area (Å²) in [5.74, 6) is -0.235. The number of nitrogens with one attached hydrogen (secondary N) is 3. The van der Waals surface area contributed by atoms with E-state index in [-0.39, 0.29) is 41.1 Å². The van der Waals surface area contributed by atoms with Crippen LogP contribution < -0.4 is 15.5 Å². The van der Waals surface area contributed by atoms with E-state index < -0.39 is 11.5 Å². The molecule has 4 rings (SSSR count). The second-order valence-electron chi connectivity index (χ2n) is 13.3. The van der Waals surface area contributed by atoms with E-state index in [2.05, 4.69) is 17.6 Å². The van der Waals surface area contributed by atoms with E-state index in [1.807, 2.05) is 27.7 Å². The Balaban J connectivity index is 1.56. The Labute approximate surface area is 230 Å². The number of hydrogen-bond donors (Lipinski definition) is 5. The Kier molecular flexibility index (Phi) is 8.89. The quantitative estimate of drug-likeness (QED) is 0.332. The van der Waals surface area contributed by atoms with E-state index in [4.69, 9.17) is 9.72 Å². The normalized spacial score (nSPS) is 31.8. The summed E-state index contributed by atoms with van der Waals surface area (Å²) in [6.07, 6.45) is 2.10. The van der Waals surface area contributed by atoms with Crippen molar-refractivity contribution >= 4 is 28.3 Å². The Hall–Kier alpha value is -1.59. The SMILES string of the molecule is CC(C)(C)CC(=O)Nc1nc2c(s1)C[C@@H]1[C@](C)(CO)[C@H](O)CC[C@@]1(C)[C@@H]2CC(=O)NCC[NH+]1CCOCC1. The summed E-state index contributed by atoms with van der Waals surface area (Å²) in [4.78, 5) is 33.3. The van der Waals surface area contributed by atoms with E-state index in [0.717, 1.165) is 49.8 Å². The smallest absolute Gasteiger partial charge is 0.226 e. The molecule has 2 heterocycles. The number of fused-ring (bicyclic) bond motifs is 2. The molecule has 0 bridgehead atoms. The standard InChI is InChI=1S/C28H46N4O5S/c1-26(2,3)16-23(36)30-25-31-24-18(14-22(35)29-8-9-32-10-12-37-13-11-32)27(4)7-6-21(34)28(5,17-33)20(27)15-19(24)38-25/h18,20-21,33-34H,6-17H2,1-5H3,(H,29,35)(H,30,31,36)/p+1/t18-,20+,21-,27+,28+/m1/s1. The van der Waals surface area contributed by atoms with Crippen molar-refractivity contribution in [3.05, 3.63) is 10.6 Å². The fourth-order valence-electron chi connectivity index (χ4n) is 6.89. The number of ether oxygens (including phenoxy) is 1. The first kappa shape index (κ1) is 29.4. The molecular formula is C28H47N4O5S+. The zero-order valence-corrected chi connectivity index (χ0v) is 24.5. The lowest BCUT2D eigenvalue weighted by molar-refractivity contribution is -0.906. The molecule has 38 heavy (non-hydrogen) atoms. The van der Waals surface area contributed by atoms with Crippen LogP contribution in [0.15, 0.2) is 0 Å². The Morgan fingerprint density at radius 1 is 1.21 bits per heavy atom. The monoisotopic (exact) mass is 551 g/mol. The molecule has 5 N–H and O–H groups in total. The highest BCUT2D eigenvalue weighted by Crippen LogP contribution is 2.62. The number of rotatable bonds is 8. The summed E-state index contributed by atoms with van der Waals surface area (Å²) in [6, 6.07) is 0. The van der Waals surface area contributed by atoms with Crippen molar-refractivity contribution in [2.24, 2.45) is 22.2 Å². The first-order valence-corrected chi connectivity index (χ1v) is 14.9. The number of hydrogen-bond acceptors (Lipinski definition) is 7. The summed E-state index contributed by atoms with van der Waals surface area (Å²) in [5.41, 5.74) is -0.215. The van der Waals surface area contributed by atoms with E-state index in [9.17, 15) is 19.8 Å². The molecule has 3 aliphatic rings. The van der Waals surface area contributed by atoms with Gasteiger partial charge in [0.1, 0.15) is 13.1 Å². The predicted octanol–water partition coefficient (Wildman–Crippen LogP) is 1.35. The van der Waals surface area contributed by atoms with Crippen molar-refractivity contribution in [1.82, 2.24) is 10.3 Å². The van der Waals surface area contributed by atoms with E-state index in [1.54, 1.807) is 0 Å². The topological polar surface area (TPSA) is 125 Å². The van der Waals surface area contributed by atoms with Crippen molar-refractivity contribution < 1.29 is 29.4 Å². The summed E-state index contributed by atoms with van der Waals surface area (Å²) < 4.78 is 5.43. The highest BCUT2D eigenvalue weighted by atomic mass is 32.1. The molecule has 9 nitrogen and oxygen atoms in total. The van der Waals surface area contributed by atoms with Crippen LogP contribution >= 0.6 is 11.3 Å². The molecule has 0 radical (unpaired) electrons. The number of carbonyl (C=O) groups is 2. The van der Waals surface area contributed by atoms with Crippen LogP contribution in [-0.4, -0.2) is 79.1 Å². The molecule has 1 saturated carbocycles. The van der Waals surface area contributed by atoms with Crippen LogP contribution in [0.5, 0.6) is 0 Å². The number of aliphatic hydroxyl groups excluding tert-OH is 2. The number of aromatic nitrogens is 1. The molecule has 10 heteroatoms. The minimum Gasteiger partial charge on any atom is -0.396 e. The van der Waals surface area contributed by atoms with Gasteiger partial charge in [-0.25, -0.2) is 4.98 Å². The Morgan fingerprint density at radius 3 is 2.58 bits per heavy atom. The summed E-state index contributed by atoms with van der Waals surface area (Å²) in [6.45, 7) is 15.1. The van der Waals surface area contributed by atoms with Gasteiger partial charge in [-0.3, -0.25) is 9.59 Å². The van der Waals surface area contributed by atoms with E-state index in [1.165, 1.54) is 16.2 Å². The number of thiazole rings is 1. The molecule has 5 atom stereocenters. The van der Waals surface area contributed by atoms with Gasteiger partial charge in [-0.05, 0) is 36.0 Å². The largest absolute Gasteiger partial charge is 0.396 e. The lowest BCUT2D eigenvalue weighted by Gasteiger charge is -2.58. The van der Waals surface area contributed by atoms with Gasteiger partial charge in [0, 0.05) is 29.1 Å². The van der Waals surface area contributed by atoms with Crippen molar-refractivity contribution in [1.29, 1.82) is 0 Å². The van der Waals surface area contributed by atoms with Gasteiger partial charge in [0.15, 0.2) is 5.13 Å². The van der Waals surface area contributed by atoms with Crippen LogP contribution in [0.25, 0.3) is 0 Å². The zero-order chi connectivity index (χ0) is 27.7. The number of anilines is 1. The molecule has 1 aromatic rings. The lowest BCUT2D eigenvalue weighted by atomic mass is 9.47. The van der Waals surface area contributed by atoms with Gasteiger partial charge >= 0.3 is 0 Å².